The second kappa shape index (κ2) is 15.5. The zero-order valence-electron chi connectivity index (χ0n) is 17.0. The molecule has 166 valence electrons. The van der Waals surface area contributed by atoms with Gasteiger partial charge >= 0.3 is 0 Å². The lowest BCUT2D eigenvalue weighted by molar-refractivity contribution is -0.123. The Balaban J connectivity index is 0.00000116. The van der Waals surface area contributed by atoms with Gasteiger partial charge in [0.1, 0.15) is 6.17 Å². The van der Waals surface area contributed by atoms with E-state index in [-0.39, 0.29) is 19.5 Å². The molecule has 1 aromatic rings. The average molecular weight is 418 g/mol. The Morgan fingerprint density at radius 3 is 2.34 bits per heavy atom. The van der Waals surface area contributed by atoms with Crippen molar-refractivity contribution in [2.45, 2.75) is 25.2 Å². The number of carbonyl (C=O) groups is 2. The molecule has 2 rings (SSSR count). The fourth-order valence-corrected chi connectivity index (χ4v) is 2.76. The first-order chi connectivity index (χ1) is 13.8. The molecular formula is C19H31FN2O7. The monoisotopic (exact) mass is 418 g/mol. The lowest BCUT2D eigenvalue weighted by Gasteiger charge is -2.20. The number of methoxy groups -OCH3 is 1. The number of ether oxygens (including phenoxy) is 2. The lowest BCUT2D eigenvalue weighted by Crippen LogP contribution is -2.22. The summed E-state index contributed by atoms with van der Waals surface area (Å²) in [7, 11) is 5.67. The quantitative estimate of drug-likeness (QED) is 0.418. The highest BCUT2D eigenvalue weighted by molar-refractivity contribution is 5.46. The molecule has 1 fully saturated rings. The molecule has 1 aliphatic heterocycles. The van der Waals surface area contributed by atoms with Crippen LogP contribution in [0.3, 0.4) is 0 Å². The number of carboxylic acid groups (broad SMARTS) is 2. The number of rotatable bonds is 8. The highest BCUT2D eigenvalue weighted by Gasteiger charge is 2.31. The predicted molar refractivity (Wildman–Crippen MR) is 105 cm³/mol. The van der Waals surface area contributed by atoms with Crippen LogP contribution in [0.15, 0.2) is 18.2 Å². The number of alkyl halides is 1. The van der Waals surface area contributed by atoms with Gasteiger partial charge in [-0.25, -0.2) is 4.39 Å². The Morgan fingerprint density at radius 1 is 1.24 bits per heavy atom. The summed E-state index contributed by atoms with van der Waals surface area (Å²) in [6.07, 6.45) is -1.16. The number of hydrogen-bond acceptors (Lipinski definition) is 7. The van der Waals surface area contributed by atoms with E-state index >= 15 is 0 Å². The summed E-state index contributed by atoms with van der Waals surface area (Å²) >= 11 is 0. The molecule has 0 radical (unpaired) electrons. The summed E-state index contributed by atoms with van der Waals surface area (Å²) in [6.45, 7) is 2.18. The zero-order chi connectivity index (χ0) is 22.2. The summed E-state index contributed by atoms with van der Waals surface area (Å²) in [5, 5.41) is 23.3. The van der Waals surface area contributed by atoms with Gasteiger partial charge in [-0.05, 0) is 26.6 Å². The summed E-state index contributed by atoms with van der Waals surface area (Å²) in [5.74, 6) is 1.40. The van der Waals surface area contributed by atoms with Gasteiger partial charge in [0.2, 0.25) is 0 Å². The molecule has 0 bridgehead atoms. The van der Waals surface area contributed by atoms with Gasteiger partial charge in [0.15, 0.2) is 11.5 Å². The zero-order valence-corrected chi connectivity index (χ0v) is 17.0. The third-order valence-corrected chi connectivity index (χ3v) is 3.97. The second-order valence-electron chi connectivity index (χ2n) is 6.44. The Labute approximate surface area is 170 Å². The first-order valence-corrected chi connectivity index (χ1v) is 8.98. The summed E-state index contributed by atoms with van der Waals surface area (Å²) < 4.78 is 24.8. The van der Waals surface area contributed by atoms with E-state index in [0.29, 0.717) is 31.2 Å². The maximum Gasteiger partial charge on any atom is 0.290 e. The molecule has 0 amide bonds. The fourth-order valence-electron chi connectivity index (χ4n) is 2.76. The molecule has 1 aliphatic rings. The normalized spacial score (nSPS) is 18.1. The lowest BCUT2D eigenvalue weighted by atomic mass is 10.1. The van der Waals surface area contributed by atoms with E-state index in [2.05, 4.69) is 4.90 Å². The van der Waals surface area contributed by atoms with Crippen LogP contribution in [-0.2, 0) is 16.1 Å². The van der Waals surface area contributed by atoms with Crippen molar-refractivity contribution in [3.05, 3.63) is 23.8 Å². The van der Waals surface area contributed by atoms with Crippen molar-refractivity contribution in [1.82, 2.24) is 9.80 Å². The summed E-state index contributed by atoms with van der Waals surface area (Å²) in [5.41, 5.74) is 0.954. The number of hydrogen-bond donors (Lipinski definition) is 3. The molecular weight excluding hydrogens is 387 g/mol. The standard InChI is InChI=1S/C17H27FN2O3.2CH2O2/c1-19(2)8-5-9-23-17-13(6-4-7-16(17)22-3)10-20-11-14(18)15(21)12-20;2*2-1-3/h4,6-7,14-15,21H,5,8-12H2,1-3H3;2*1H,(H,2,3)/t14-,15-;;/m1../s1. The average Bonchev–Trinajstić information content (AvgIpc) is 2.98. The minimum atomic E-state index is -1.18. The van der Waals surface area contributed by atoms with Crippen LogP contribution in [0.2, 0.25) is 0 Å². The highest BCUT2D eigenvalue weighted by atomic mass is 19.1. The maximum atomic E-state index is 13.5. The van der Waals surface area contributed by atoms with Crippen LogP contribution in [0.4, 0.5) is 4.39 Å². The van der Waals surface area contributed by atoms with E-state index in [1.807, 2.05) is 37.2 Å². The molecule has 10 heteroatoms. The Bertz CT molecular complexity index is 574. The van der Waals surface area contributed by atoms with Crippen LogP contribution in [0, 0.1) is 0 Å². The van der Waals surface area contributed by atoms with Crippen LogP contribution < -0.4 is 9.47 Å². The number of benzene rings is 1. The van der Waals surface area contributed by atoms with E-state index in [0.717, 1.165) is 18.5 Å². The van der Waals surface area contributed by atoms with Gasteiger partial charge < -0.3 is 29.7 Å². The number of para-hydroxylation sites is 1. The SMILES string of the molecule is COc1cccc(CN2C[C@@H](O)[C@H](F)C2)c1OCCCN(C)C.O=CO.O=CO. The molecule has 0 spiro atoms. The molecule has 0 aromatic heterocycles. The molecule has 9 nitrogen and oxygen atoms in total. The van der Waals surface area contributed by atoms with E-state index < -0.39 is 12.3 Å². The number of halogens is 1. The maximum absolute atomic E-state index is 13.5. The predicted octanol–water partition coefficient (Wildman–Crippen LogP) is 0.942. The first-order valence-electron chi connectivity index (χ1n) is 8.98. The van der Waals surface area contributed by atoms with Crippen LogP contribution in [0.1, 0.15) is 12.0 Å². The van der Waals surface area contributed by atoms with Crippen LogP contribution >= 0.6 is 0 Å². The molecule has 0 unspecified atom stereocenters. The smallest absolute Gasteiger partial charge is 0.290 e. The molecule has 0 aliphatic carbocycles. The van der Waals surface area contributed by atoms with Crippen LogP contribution in [0.25, 0.3) is 0 Å². The molecule has 29 heavy (non-hydrogen) atoms. The second-order valence-corrected chi connectivity index (χ2v) is 6.44. The number of β-amino-alcohol motifs (C(OH)–C–C–N with tert-alkyl or cyclic N) is 1. The molecule has 3 N–H and O–H groups in total. The third kappa shape index (κ3) is 10.6. The summed E-state index contributed by atoms with van der Waals surface area (Å²) in [4.78, 5) is 20.7. The molecule has 2 atom stereocenters. The number of aliphatic hydroxyl groups is 1. The highest BCUT2D eigenvalue weighted by Crippen LogP contribution is 2.33. The van der Waals surface area contributed by atoms with Crippen molar-refractivity contribution in [3.8, 4) is 11.5 Å². The van der Waals surface area contributed by atoms with Gasteiger partial charge in [-0.15, -0.1) is 0 Å². The number of likely N-dealkylation sites (tertiary alicyclic amines) is 1. The van der Waals surface area contributed by atoms with Gasteiger partial charge in [0.25, 0.3) is 12.9 Å². The van der Waals surface area contributed by atoms with Crippen molar-refractivity contribution in [2.75, 3.05) is 47.4 Å². The van der Waals surface area contributed by atoms with Crippen LogP contribution in [0.5, 0.6) is 11.5 Å². The first kappa shape index (κ1) is 26.6. The largest absolute Gasteiger partial charge is 0.493 e. The number of aliphatic hydroxyl groups excluding tert-OH is 1. The van der Waals surface area contributed by atoms with Crippen LogP contribution in [-0.4, -0.2) is 97.8 Å². The molecule has 0 saturated carbocycles. The van der Waals surface area contributed by atoms with Gasteiger partial charge in [-0.2, -0.15) is 0 Å². The minimum absolute atomic E-state index is 0.248. The van der Waals surface area contributed by atoms with E-state index in [9.17, 15) is 9.50 Å². The van der Waals surface area contributed by atoms with Crippen molar-refractivity contribution in [2.24, 2.45) is 0 Å². The topological polar surface area (TPSA) is 120 Å². The minimum Gasteiger partial charge on any atom is -0.493 e. The Kier molecular flexibility index (Phi) is 14.2. The van der Waals surface area contributed by atoms with Crippen molar-refractivity contribution < 1.29 is 38.8 Å². The molecule has 1 heterocycles. The fraction of sp³-hybridized carbons (Fsp3) is 0.579. The van der Waals surface area contributed by atoms with Gasteiger partial charge in [0.05, 0.1) is 19.8 Å². The van der Waals surface area contributed by atoms with Gasteiger partial charge in [0, 0.05) is 31.7 Å². The van der Waals surface area contributed by atoms with Crippen molar-refractivity contribution in [1.29, 1.82) is 0 Å². The Morgan fingerprint density at radius 2 is 1.86 bits per heavy atom. The van der Waals surface area contributed by atoms with E-state index in [4.69, 9.17) is 29.3 Å². The van der Waals surface area contributed by atoms with E-state index in [1.54, 1.807) is 7.11 Å². The molecule has 1 saturated heterocycles. The van der Waals surface area contributed by atoms with Crippen molar-refractivity contribution in [3.63, 3.8) is 0 Å². The molecule has 1 aromatic carbocycles. The van der Waals surface area contributed by atoms with Crippen molar-refractivity contribution >= 4 is 12.9 Å². The summed E-state index contributed by atoms with van der Waals surface area (Å²) in [6, 6.07) is 5.73. The van der Waals surface area contributed by atoms with E-state index in [1.165, 1.54) is 0 Å². The third-order valence-electron chi connectivity index (χ3n) is 3.97. The Hall–Kier alpha value is -2.43. The number of nitrogens with zero attached hydrogens (tertiary/aromatic N) is 2. The van der Waals surface area contributed by atoms with Gasteiger partial charge in [-0.3, -0.25) is 14.5 Å². The van der Waals surface area contributed by atoms with Gasteiger partial charge in [-0.1, -0.05) is 12.1 Å².